The summed E-state index contributed by atoms with van der Waals surface area (Å²) in [4.78, 5) is 13.3. The summed E-state index contributed by atoms with van der Waals surface area (Å²) in [5, 5.41) is 7.53. The molecule has 13 heavy (non-hydrogen) atoms. The summed E-state index contributed by atoms with van der Waals surface area (Å²) in [5.41, 5.74) is 1.97. The minimum atomic E-state index is 0.590. The van der Waals surface area contributed by atoms with Crippen molar-refractivity contribution >= 4 is 17.1 Å². The van der Waals surface area contributed by atoms with Gasteiger partial charge in [0.05, 0.1) is 5.71 Å². The van der Waals surface area contributed by atoms with Crippen molar-refractivity contribution in [2.24, 2.45) is 15.3 Å². The number of oxime groups is 2. The summed E-state index contributed by atoms with van der Waals surface area (Å²) < 4.78 is 0. The van der Waals surface area contributed by atoms with Crippen molar-refractivity contribution in [1.29, 1.82) is 0 Å². The maximum absolute atomic E-state index is 4.67. The summed E-state index contributed by atoms with van der Waals surface area (Å²) in [6.45, 7) is 3.60. The van der Waals surface area contributed by atoms with Crippen molar-refractivity contribution < 1.29 is 9.68 Å². The SMILES string of the molecule is CN=C(C)C(=NOC)C(C)=NOC. The molecule has 5 heteroatoms. The molecule has 0 amide bonds. The second kappa shape index (κ2) is 6.16. The fourth-order valence-corrected chi connectivity index (χ4v) is 0.771. The Hall–Kier alpha value is -1.39. The van der Waals surface area contributed by atoms with Crippen LogP contribution in [-0.4, -0.2) is 38.4 Å². The van der Waals surface area contributed by atoms with Gasteiger partial charge in [-0.3, -0.25) is 4.99 Å². The maximum atomic E-state index is 4.67. The monoisotopic (exact) mass is 185 g/mol. The van der Waals surface area contributed by atoms with Crippen molar-refractivity contribution in [2.45, 2.75) is 13.8 Å². The second-order valence-electron chi connectivity index (χ2n) is 2.29. The van der Waals surface area contributed by atoms with E-state index in [1.807, 2.05) is 6.92 Å². The summed E-state index contributed by atoms with van der Waals surface area (Å²) >= 11 is 0. The number of rotatable bonds is 4. The number of hydrogen-bond acceptors (Lipinski definition) is 5. The van der Waals surface area contributed by atoms with Gasteiger partial charge in [0.15, 0.2) is 0 Å². The van der Waals surface area contributed by atoms with Crippen LogP contribution in [0.3, 0.4) is 0 Å². The second-order valence-corrected chi connectivity index (χ2v) is 2.29. The third-order valence-electron chi connectivity index (χ3n) is 1.43. The van der Waals surface area contributed by atoms with Crippen LogP contribution in [0.5, 0.6) is 0 Å². The van der Waals surface area contributed by atoms with Gasteiger partial charge in [0.25, 0.3) is 0 Å². The lowest BCUT2D eigenvalue weighted by molar-refractivity contribution is 0.210. The van der Waals surface area contributed by atoms with E-state index in [1.54, 1.807) is 14.0 Å². The summed E-state index contributed by atoms with van der Waals surface area (Å²) in [6.07, 6.45) is 0. The van der Waals surface area contributed by atoms with Crippen molar-refractivity contribution in [3.8, 4) is 0 Å². The van der Waals surface area contributed by atoms with Crippen LogP contribution in [0.1, 0.15) is 13.8 Å². The molecule has 0 radical (unpaired) electrons. The third kappa shape index (κ3) is 3.68. The molecule has 0 aliphatic carbocycles. The molecule has 0 rings (SSSR count). The van der Waals surface area contributed by atoms with Gasteiger partial charge < -0.3 is 9.68 Å². The van der Waals surface area contributed by atoms with Crippen LogP contribution >= 0.6 is 0 Å². The van der Waals surface area contributed by atoms with Gasteiger partial charge in [-0.15, -0.1) is 0 Å². The van der Waals surface area contributed by atoms with E-state index >= 15 is 0 Å². The Bertz CT molecular complexity index is 244. The summed E-state index contributed by atoms with van der Waals surface area (Å²) in [7, 11) is 4.63. The first-order valence-electron chi connectivity index (χ1n) is 3.80. The zero-order valence-corrected chi connectivity index (χ0v) is 8.66. The molecule has 0 saturated heterocycles. The number of hydrogen-bond donors (Lipinski definition) is 0. The van der Waals surface area contributed by atoms with Gasteiger partial charge in [0.1, 0.15) is 25.6 Å². The van der Waals surface area contributed by atoms with E-state index in [2.05, 4.69) is 25.0 Å². The highest BCUT2D eigenvalue weighted by Gasteiger charge is 2.08. The van der Waals surface area contributed by atoms with Crippen LogP contribution in [0.15, 0.2) is 15.3 Å². The van der Waals surface area contributed by atoms with Crippen LogP contribution in [0, 0.1) is 0 Å². The first-order valence-corrected chi connectivity index (χ1v) is 3.80. The molecular formula is C8H15N3O2. The van der Waals surface area contributed by atoms with Crippen LogP contribution < -0.4 is 0 Å². The predicted molar refractivity (Wildman–Crippen MR) is 53.6 cm³/mol. The van der Waals surface area contributed by atoms with Crippen LogP contribution in [-0.2, 0) is 9.68 Å². The average molecular weight is 185 g/mol. The minimum absolute atomic E-state index is 0.590. The number of aliphatic imine (C=N–C) groups is 1. The van der Waals surface area contributed by atoms with Gasteiger partial charge >= 0.3 is 0 Å². The van der Waals surface area contributed by atoms with Crippen LogP contribution in [0.25, 0.3) is 0 Å². The van der Waals surface area contributed by atoms with Crippen molar-refractivity contribution in [2.75, 3.05) is 21.3 Å². The Morgan fingerprint density at radius 3 is 1.85 bits per heavy atom. The molecule has 0 aromatic carbocycles. The van der Waals surface area contributed by atoms with Gasteiger partial charge in [0, 0.05) is 7.05 Å². The number of nitrogens with zero attached hydrogens (tertiary/aromatic N) is 3. The Morgan fingerprint density at radius 1 is 0.923 bits per heavy atom. The normalized spacial score (nSPS) is 14.4. The third-order valence-corrected chi connectivity index (χ3v) is 1.43. The lowest BCUT2D eigenvalue weighted by Crippen LogP contribution is -2.20. The quantitative estimate of drug-likeness (QED) is 0.486. The molecule has 0 aliphatic heterocycles. The largest absolute Gasteiger partial charge is 0.399 e. The molecule has 0 aliphatic rings. The molecule has 0 atom stereocenters. The van der Waals surface area contributed by atoms with E-state index in [1.165, 1.54) is 14.2 Å². The lowest BCUT2D eigenvalue weighted by atomic mass is 10.2. The molecule has 0 bridgehead atoms. The fourth-order valence-electron chi connectivity index (χ4n) is 0.771. The molecule has 74 valence electrons. The van der Waals surface area contributed by atoms with E-state index in [0.29, 0.717) is 11.4 Å². The highest BCUT2D eigenvalue weighted by atomic mass is 16.6. The maximum Gasteiger partial charge on any atom is 0.148 e. The van der Waals surface area contributed by atoms with Gasteiger partial charge in [-0.25, -0.2) is 0 Å². The standard InChI is InChI=1S/C8H15N3O2/c1-6(9-3)8(11-13-5)7(2)10-12-4/h1-5H3. The molecule has 0 saturated carbocycles. The molecule has 0 heterocycles. The van der Waals surface area contributed by atoms with Gasteiger partial charge in [-0.1, -0.05) is 10.3 Å². The molecule has 0 spiro atoms. The van der Waals surface area contributed by atoms with E-state index < -0.39 is 0 Å². The molecule has 0 aromatic heterocycles. The predicted octanol–water partition coefficient (Wildman–Crippen LogP) is 1.10. The molecule has 0 aromatic rings. The first-order chi connectivity index (χ1) is 6.17. The minimum Gasteiger partial charge on any atom is -0.399 e. The lowest BCUT2D eigenvalue weighted by Gasteiger charge is -2.02. The van der Waals surface area contributed by atoms with E-state index in [0.717, 1.165) is 5.71 Å². The smallest absolute Gasteiger partial charge is 0.148 e. The van der Waals surface area contributed by atoms with Gasteiger partial charge in [-0.2, -0.15) is 0 Å². The summed E-state index contributed by atoms with van der Waals surface area (Å²) in [5.74, 6) is 0. The zero-order chi connectivity index (χ0) is 10.3. The Balaban J connectivity index is 4.83. The topological polar surface area (TPSA) is 55.5 Å². The first kappa shape index (κ1) is 11.6. The van der Waals surface area contributed by atoms with E-state index in [9.17, 15) is 0 Å². The molecule has 0 unspecified atom stereocenters. The highest BCUT2D eigenvalue weighted by Crippen LogP contribution is 1.91. The molecule has 0 N–H and O–H groups in total. The van der Waals surface area contributed by atoms with Crippen molar-refractivity contribution in [3.63, 3.8) is 0 Å². The summed E-state index contributed by atoms with van der Waals surface area (Å²) in [6, 6.07) is 0. The van der Waals surface area contributed by atoms with E-state index in [4.69, 9.17) is 0 Å². The molecule has 0 fully saturated rings. The fraction of sp³-hybridized carbons (Fsp3) is 0.625. The molecular weight excluding hydrogens is 170 g/mol. The van der Waals surface area contributed by atoms with Crippen LogP contribution in [0.2, 0.25) is 0 Å². The Labute approximate surface area is 78.1 Å². The molecule has 5 nitrogen and oxygen atoms in total. The zero-order valence-electron chi connectivity index (χ0n) is 8.66. The van der Waals surface area contributed by atoms with E-state index in [-0.39, 0.29) is 0 Å². The van der Waals surface area contributed by atoms with Gasteiger partial charge in [-0.05, 0) is 13.8 Å². The van der Waals surface area contributed by atoms with Gasteiger partial charge in [0.2, 0.25) is 0 Å². The van der Waals surface area contributed by atoms with Crippen molar-refractivity contribution in [3.05, 3.63) is 0 Å². The average Bonchev–Trinajstić information content (AvgIpc) is 2.13. The van der Waals surface area contributed by atoms with Crippen LogP contribution in [0.4, 0.5) is 0 Å². The van der Waals surface area contributed by atoms with Crippen molar-refractivity contribution in [1.82, 2.24) is 0 Å². The Kier molecular flexibility index (Phi) is 5.50. The highest BCUT2D eigenvalue weighted by molar-refractivity contribution is 6.67. The Morgan fingerprint density at radius 2 is 1.46 bits per heavy atom.